The highest BCUT2D eigenvalue weighted by Crippen LogP contribution is 2.33. The third-order valence-corrected chi connectivity index (χ3v) is 4.60. The van der Waals surface area contributed by atoms with Crippen molar-refractivity contribution < 1.29 is 4.39 Å². The topological polar surface area (TPSA) is 46.4 Å². The molecule has 0 atom stereocenters. The summed E-state index contributed by atoms with van der Waals surface area (Å²) in [5, 5.41) is 6.51. The lowest BCUT2D eigenvalue weighted by Gasteiger charge is -2.11. The van der Waals surface area contributed by atoms with E-state index in [2.05, 4.69) is 10.3 Å². The number of hydrogen-bond donors (Lipinski definition) is 1. The van der Waals surface area contributed by atoms with Crippen LogP contribution in [0.4, 0.5) is 10.1 Å². The van der Waals surface area contributed by atoms with Gasteiger partial charge in [0.2, 0.25) is 0 Å². The fourth-order valence-electron chi connectivity index (χ4n) is 3.54. The molecule has 0 radical (unpaired) electrons. The van der Waals surface area contributed by atoms with Crippen LogP contribution in [0.25, 0.3) is 38.2 Å². The zero-order valence-electron chi connectivity index (χ0n) is 12.8. The van der Waals surface area contributed by atoms with Gasteiger partial charge in [0, 0.05) is 40.3 Å². The first-order valence-corrected chi connectivity index (χ1v) is 7.65. The predicted molar refractivity (Wildman–Crippen MR) is 94.7 cm³/mol. The standard InChI is InChI=1S/C19H12FN3O/c1-21-14-8-6-12-17-11(14)3-2-4-13(17)19(24)23-16-9-10(20)5-7-15(16)22-18(12)23/h2-9,21H,1H3. The van der Waals surface area contributed by atoms with Gasteiger partial charge in [0.05, 0.1) is 11.0 Å². The molecular formula is C19H12FN3O. The highest BCUT2D eigenvalue weighted by Gasteiger charge is 2.17. The van der Waals surface area contributed by atoms with Gasteiger partial charge in [0.25, 0.3) is 5.56 Å². The molecule has 1 N–H and O–H groups in total. The molecule has 0 aliphatic rings. The molecule has 5 aromatic rings. The van der Waals surface area contributed by atoms with Gasteiger partial charge in [0.15, 0.2) is 0 Å². The number of fused-ring (bicyclic) bond motifs is 4. The van der Waals surface area contributed by atoms with E-state index in [4.69, 9.17) is 0 Å². The fourth-order valence-corrected chi connectivity index (χ4v) is 3.54. The Balaban J connectivity index is 2.17. The van der Waals surface area contributed by atoms with Gasteiger partial charge in [0.1, 0.15) is 11.5 Å². The predicted octanol–water partition coefficient (Wildman–Crippen LogP) is 3.77. The Bertz CT molecular complexity index is 1320. The highest BCUT2D eigenvalue weighted by atomic mass is 19.1. The molecule has 0 aliphatic carbocycles. The van der Waals surface area contributed by atoms with Crippen molar-refractivity contribution in [2.24, 2.45) is 0 Å². The van der Waals surface area contributed by atoms with Crippen LogP contribution in [0.15, 0.2) is 53.3 Å². The molecular weight excluding hydrogens is 305 g/mol. The minimum absolute atomic E-state index is 0.176. The summed E-state index contributed by atoms with van der Waals surface area (Å²) in [7, 11) is 1.85. The van der Waals surface area contributed by atoms with Crippen molar-refractivity contribution in [3.8, 4) is 0 Å². The largest absolute Gasteiger partial charge is 0.388 e. The van der Waals surface area contributed by atoms with Crippen molar-refractivity contribution in [2.45, 2.75) is 0 Å². The number of benzene rings is 3. The molecule has 0 bridgehead atoms. The van der Waals surface area contributed by atoms with Crippen molar-refractivity contribution in [1.29, 1.82) is 0 Å². The van der Waals surface area contributed by atoms with Crippen LogP contribution in [0.2, 0.25) is 0 Å². The van der Waals surface area contributed by atoms with E-state index in [1.165, 1.54) is 16.5 Å². The molecule has 3 aromatic carbocycles. The molecule has 0 amide bonds. The first-order valence-electron chi connectivity index (χ1n) is 7.65. The Morgan fingerprint density at radius 1 is 1.04 bits per heavy atom. The molecule has 4 nitrogen and oxygen atoms in total. The Morgan fingerprint density at radius 3 is 2.71 bits per heavy atom. The third-order valence-electron chi connectivity index (χ3n) is 4.60. The number of hydrogen-bond acceptors (Lipinski definition) is 3. The average Bonchev–Trinajstić information content (AvgIpc) is 2.98. The fraction of sp³-hybridized carbons (Fsp3) is 0.0526. The summed E-state index contributed by atoms with van der Waals surface area (Å²) in [5.74, 6) is -0.382. The van der Waals surface area contributed by atoms with Crippen molar-refractivity contribution in [3.63, 3.8) is 0 Å². The van der Waals surface area contributed by atoms with Crippen molar-refractivity contribution >= 4 is 43.9 Å². The first-order chi connectivity index (χ1) is 11.7. The van der Waals surface area contributed by atoms with E-state index < -0.39 is 0 Å². The van der Waals surface area contributed by atoms with Gasteiger partial charge in [-0.05, 0) is 30.3 Å². The van der Waals surface area contributed by atoms with E-state index in [0.29, 0.717) is 22.1 Å². The Labute approximate surface area is 135 Å². The highest BCUT2D eigenvalue weighted by molar-refractivity contribution is 6.18. The van der Waals surface area contributed by atoms with Crippen LogP contribution >= 0.6 is 0 Å². The van der Waals surface area contributed by atoms with Crippen LogP contribution in [-0.2, 0) is 0 Å². The summed E-state index contributed by atoms with van der Waals surface area (Å²) in [5.41, 5.74) is 2.45. The first kappa shape index (κ1) is 13.2. The second-order valence-corrected chi connectivity index (χ2v) is 5.85. The molecule has 2 heterocycles. The lowest BCUT2D eigenvalue weighted by atomic mass is 10.0. The molecule has 0 saturated carbocycles. The molecule has 24 heavy (non-hydrogen) atoms. The molecule has 5 heteroatoms. The molecule has 5 rings (SSSR count). The number of aromatic nitrogens is 2. The van der Waals surface area contributed by atoms with Gasteiger partial charge in [-0.1, -0.05) is 12.1 Å². The van der Waals surface area contributed by atoms with Gasteiger partial charge in [-0.15, -0.1) is 0 Å². The van der Waals surface area contributed by atoms with E-state index >= 15 is 0 Å². The molecule has 2 aromatic heterocycles. The van der Waals surface area contributed by atoms with Gasteiger partial charge < -0.3 is 5.32 Å². The Kier molecular flexibility index (Phi) is 2.44. The maximum absolute atomic E-state index is 13.7. The zero-order chi connectivity index (χ0) is 16.4. The second-order valence-electron chi connectivity index (χ2n) is 5.85. The number of pyridine rings is 1. The van der Waals surface area contributed by atoms with Crippen LogP contribution in [0, 0.1) is 5.82 Å². The number of imidazole rings is 1. The van der Waals surface area contributed by atoms with E-state index in [-0.39, 0.29) is 11.4 Å². The van der Waals surface area contributed by atoms with E-state index in [1.54, 1.807) is 6.07 Å². The Morgan fingerprint density at radius 2 is 1.88 bits per heavy atom. The van der Waals surface area contributed by atoms with E-state index in [9.17, 15) is 9.18 Å². The molecule has 0 unspecified atom stereocenters. The van der Waals surface area contributed by atoms with Gasteiger partial charge in [-0.25, -0.2) is 9.37 Å². The van der Waals surface area contributed by atoms with Crippen LogP contribution < -0.4 is 10.9 Å². The van der Waals surface area contributed by atoms with Gasteiger partial charge in [-0.3, -0.25) is 9.20 Å². The number of anilines is 1. The number of halogens is 1. The van der Waals surface area contributed by atoms with Crippen LogP contribution in [0.1, 0.15) is 0 Å². The molecule has 0 saturated heterocycles. The Hall–Kier alpha value is -3.21. The van der Waals surface area contributed by atoms with Gasteiger partial charge >= 0.3 is 0 Å². The average molecular weight is 317 g/mol. The smallest absolute Gasteiger partial charge is 0.264 e. The summed E-state index contributed by atoms with van der Waals surface area (Å²) in [6.45, 7) is 0. The van der Waals surface area contributed by atoms with E-state index in [1.807, 2.05) is 37.4 Å². The quantitative estimate of drug-likeness (QED) is 0.512. The lowest BCUT2D eigenvalue weighted by molar-refractivity contribution is 0.629. The molecule has 0 spiro atoms. The van der Waals surface area contributed by atoms with Crippen molar-refractivity contribution in [3.05, 3.63) is 64.7 Å². The SMILES string of the molecule is CNc1ccc2c3c1cccc3c(=O)n1c3cc(F)ccc3nc21. The zero-order valence-corrected chi connectivity index (χ0v) is 12.8. The summed E-state index contributed by atoms with van der Waals surface area (Å²) >= 11 is 0. The minimum Gasteiger partial charge on any atom is -0.388 e. The maximum Gasteiger partial charge on any atom is 0.264 e. The molecule has 0 fully saturated rings. The number of nitrogens with zero attached hydrogens (tertiary/aromatic N) is 2. The van der Waals surface area contributed by atoms with Crippen molar-refractivity contribution in [2.75, 3.05) is 12.4 Å². The third kappa shape index (κ3) is 1.51. The second kappa shape index (κ2) is 4.41. The normalized spacial score (nSPS) is 11.9. The maximum atomic E-state index is 13.7. The van der Waals surface area contributed by atoms with Crippen molar-refractivity contribution in [1.82, 2.24) is 9.38 Å². The number of nitrogens with one attached hydrogen (secondary N) is 1. The van der Waals surface area contributed by atoms with E-state index in [0.717, 1.165) is 21.8 Å². The summed E-state index contributed by atoms with van der Waals surface area (Å²) in [4.78, 5) is 17.6. The van der Waals surface area contributed by atoms with Crippen LogP contribution in [-0.4, -0.2) is 16.4 Å². The van der Waals surface area contributed by atoms with Crippen LogP contribution in [0.3, 0.4) is 0 Å². The van der Waals surface area contributed by atoms with Crippen LogP contribution in [0.5, 0.6) is 0 Å². The van der Waals surface area contributed by atoms with Gasteiger partial charge in [-0.2, -0.15) is 0 Å². The molecule has 0 aliphatic heterocycles. The lowest BCUT2D eigenvalue weighted by Crippen LogP contribution is -2.13. The minimum atomic E-state index is -0.382. The monoisotopic (exact) mass is 317 g/mol. The summed E-state index contributed by atoms with van der Waals surface area (Å²) in [6.07, 6.45) is 0. The summed E-state index contributed by atoms with van der Waals surface area (Å²) in [6, 6.07) is 13.9. The summed E-state index contributed by atoms with van der Waals surface area (Å²) < 4.78 is 15.2. The molecule has 116 valence electrons. The number of rotatable bonds is 1.